The van der Waals surface area contributed by atoms with Crippen LogP contribution >= 0.6 is 0 Å². The van der Waals surface area contributed by atoms with E-state index in [4.69, 9.17) is 9.40 Å². The fourth-order valence-electron chi connectivity index (χ4n) is 4.50. The van der Waals surface area contributed by atoms with Gasteiger partial charge in [0.05, 0.1) is 17.5 Å². The summed E-state index contributed by atoms with van der Waals surface area (Å²) in [7, 11) is 0. The smallest absolute Gasteiger partial charge is 0.257 e. The standard InChI is InChI=1S/C27H32N6O2/c1-4-31(5-2)15-16-32(6-3)26(34)21-18-29-33(25(21)19-11-12-19)27-28-14-13-22(30-27)24-17-20-9-7-8-10-23(20)35-24/h7-10,13-14,17-19H,4-6,11-12,15-16H2,1-3H3. The second-order valence-corrected chi connectivity index (χ2v) is 8.93. The third-order valence-electron chi connectivity index (χ3n) is 6.76. The fraction of sp³-hybridized carbons (Fsp3) is 0.407. The maximum atomic E-state index is 13.5. The Balaban J connectivity index is 1.45. The highest BCUT2D eigenvalue weighted by molar-refractivity contribution is 5.95. The first-order valence-corrected chi connectivity index (χ1v) is 12.5. The number of aromatic nitrogens is 4. The van der Waals surface area contributed by atoms with Crippen LogP contribution in [0.3, 0.4) is 0 Å². The Morgan fingerprint density at radius 3 is 2.60 bits per heavy atom. The van der Waals surface area contributed by atoms with Crippen molar-refractivity contribution in [2.24, 2.45) is 0 Å². The van der Waals surface area contributed by atoms with E-state index in [-0.39, 0.29) is 5.91 Å². The fourth-order valence-corrected chi connectivity index (χ4v) is 4.50. The molecule has 0 aliphatic heterocycles. The highest BCUT2D eigenvalue weighted by atomic mass is 16.3. The van der Waals surface area contributed by atoms with Crippen molar-refractivity contribution in [1.82, 2.24) is 29.5 Å². The van der Waals surface area contributed by atoms with Crippen molar-refractivity contribution in [3.8, 4) is 17.4 Å². The molecule has 8 heteroatoms. The molecule has 8 nitrogen and oxygen atoms in total. The van der Waals surface area contributed by atoms with Crippen LogP contribution in [0.1, 0.15) is 55.6 Å². The Morgan fingerprint density at radius 1 is 1.09 bits per heavy atom. The highest BCUT2D eigenvalue weighted by Crippen LogP contribution is 2.42. The molecule has 0 saturated heterocycles. The number of amides is 1. The first-order valence-electron chi connectivity index (χ1n) is 12.5. The molecule has 3 heterocycles. The van der Waals surface area contributed by atoms with Gasteiger partial charge < -0.3 is 14.2 Å². The number of nitrogens with zero attached hydrogens (tertiary/aromatic N) is 6. The Morgan fingerprint density at radius 2 is 1.89 bits per heavy atom. The van der Waals surface area contributed by atoms with Crippen molar-refractivity contribution >= 4 is 16.9 Å². The third-order valence-corrected chi connectivity index (χ3v) is 6.76. The van der Waals surface area contributed by atoms with E-state index in [1.165, 1.54) is 0 Å². The molecule has 0 unspecified atom stereocenters. The SMILES string of the molecule is CCN(CC)CCN(CC)C(=O)c1cnn(-c2nccc(-c3cc4ccccc4o3)n2)c1C1CC1. The van der Waals surface area contributed by atoms with Gasteiger partial charge in [-0.25, -0.2) is 14.6 Å². The van der Waals surface area contributed by atoms with Crippen LogP contribution in [0.25, 0.3) is 28.4 Å². The minimum absolute atomic E-state index is 0.0289. The van der Waals surface area contributed by atoms with Crippen molar-refractivity contribution < 1.29 is 9.21 Å². The topological polar surface area (TPSA) is 80.3 Å². The zero-order chi connectivity index (χ0) is 24.4. The van der Waals surface area contributed by atoms with Gasteiger partial charge in [-0.2, -0.15) is 5.10 Å². The average molecular weight is 473 g/mol. The molecule has 1 amide bonds. The van der Waals surface area contributed by atoms with Crippen LogP contribution in [0.2, 0.25) is 0 Å². The van der Waals surface area contributed by atoms with Gasteiger partial charge in [-0.15, -0.1) is 0 Å². The van der Waals surface area contributed by atoms with Gasteiger partial charge in [0.2, 0.25) is 0 Å². The minimum atomic E-state index is 0.0289. The van der Waals surface area contributed by atoms with Crippen molar-refractivity contribution in [1.29, 1.82) is 0 Å². The number of hydrogen-bond acceptors (Lipinski definition) is 6. The molecule has 35 heavy (non-hydrogen) atoms. The lowest BCUT2D eigenvalue weighted by Gasteiger charge is -2.25. The lowest BCUT2D eigenvalue weighted by molar-refractivity contribution is 0.0745. The molecule has 1 fully saturated rings. The normalized spacial score (nSPS) is 13.6. The molecule has 0 N–H and O–H groups in total. The summed E-state index contributed by atoms with van der Waals surface area (Å²) in [6, 6.07) is 11.7. The second-order valence-electron chi connectivity index (χ2n) is 8.93. The first-order chi connectivity index (χ1) is 17.1. The summed E-state index contributed by atoms with van der Waals surface area (Å²) in [6.45, 7) is 10.5. The average Bonchev–Trinajstić information content (AvgIpc) is 3.48. The van der Waals surface area contributed by atoms with Gasteiger partial charge in [0.25, 0.3) is 11.9 Å². The van der Waals surface area contributed by atoms with Crippen LogP contribution in [0, 0.1) is 0 Å². The quantitative estimate of drug-likeness (QED) is 0.331. The maximum absolute atomic E-state index is 13.5. The van der Waals surface area contributed by atoms with E-state index in [0.717, 1.165) is 49.1 Å². The summed E-state index contributed by atoms with van der Waals surface area (Å²) in [5, 5.41) is 5.62. The number of hydrogen-bond donors (Lipinski definition) is 0. The van der Waals surface area contributed by atoms with Crippen LogP contribution in [0.4, 0.5) is 0 Å². The van der Waals surface area contributed by atoms with Crippen molar-refractivity contribution in [3.63, 3.8) is 0 Å². The van der Waals surface area contributed by atoms with E-state index in [9.17, 15) is 4.79 Å². The van der Waals surface area contributed by atoms with Crippen LogP contribution in [0.15, 0.2) is 53.2 Å². The summed E-state index contributed by atoms with van der Waals surface area (Å²) in [5.41, 5.74) is 3.08. The van der Waals surface area contributed by atoms with E-state index in [1.54, 1.807) is 17.1 Å². The van der Waals surface area contributed by atoms with Crippen molar-refractivity contribution in [2.45, 2.75) is 39.5 Å². The number of benzene rings is 1. The third kappa shape index (κ3) is 4.71. The molecule has 0 radical (unpaired) electrons. The molecule has 1 aliphatic rings. The van der Waals surface area contributed by atoms with Crippen LogP contribution < -0.4 is 0 Å². The van der Waals surface area contributed by atoms with E-state index < -0.39 is 0 Å². The summed E-state index contributed by atoms with van der Waals surface area (Å²) in [4.78, 5) is 27.1. The number of carbonyl (C=O) groups excluding carboxylic acids is 1. The zero-order valence-corrected chi connectivity index (χ0v) is 20.6. The molecule has 3 aromatic heterocycles. The number of para-hydroxylation sites is 1. The molecule has 0 atom stereocenters. The Labute approximate surface area is 205 Å². The molecule has 4 aromatic rings. The predicted octanol–water partition coefficient (Wildman–Crippen LogP) is 4.76. The van der Waals surface area contributed by atoms with Crippen LogP contribution in [-0.4, -0.2) is 68.2 Å². The number of carbonyl (C=O) groups is 1. The van der Waals surface area contributed by atoms with Gasteiger partial charge in [0.15, 0.2) is 5.76 Å². The van der Waals surface area contributed by atoms with Gasteiger partial charge >= 0.3 is 0 Å². The maximum Gasteiger partial charge on any atom is 0.257 e. The first kappa shape index (κ1) is 23.2. The Kier molecular flexibility index (Phi) is 6.63. The van der Waals surface area contributed by atoms with Crippen LogP contribution in [-0.2, 0) is 0 Å². The summed E-state index contributed by atoms with van der Waals surface area (Å²) in [6.07, 6.45) is 5.49. The van der Waals surface area contributed by atoms with Gasteiger partial charge in [-0.1, -0.05) is 32.0 Å². The highest BCUT2D eigenvalue weighted by Gasteiger charge is 2.34. The molecule has 182 valence electrons. The zero-order valence-electron chi connectivity index (χ0n) is 20.6. The Hall–Kier alpha value is -3.52. The van der Waals surface area contributed by atoms with E-state index in [0.29, 0.717) is 42.0 Å². The summed E-state index contributed by atoms with van der Waals surface area (Å²) in [5.74, 6) is 1.47. The second kappa shape index (κ2) is 10.00. The number of rotatable bonds is 10. The van der Waals surface area contributed by atoms with E-state index in [2.05, 4.69) is 28.8 Å². The van der Waals surface area contributed by atoms with Crippen molar-refractivity contribution in [3.05, 3.63) is 60.0 Å². The van der Waals surface area contributed by atoms with E-state index in [1.807, 2.05) is 48.2 Å². The molecular formula is C27H32N6O2. The number of likely N-dealkylation sites (N-methyl/N-ethyl adjacent to an activating group) is 2. The monoisotopic (exact) mass is 472 g/mol. The molecule has 1 saturated carbocycles. The molecule has 0 bridgehead atoms. The van der Waals surface area contributed by atoms with Crippen molar-refractivity contribution in [2.75, 3.05) is 32.7 Å². The molecule has 0 spiro atoms. The van der Waals surface area contributed by atoms with Gasteiger partial charge in [0, 0.05) is 37.1 Å². The predicted molar refractivity (Wildman–Crippen MR) is 136 cm³/mol. The summed E-state index contributed by atoms with van der Waals surface area (Å²) < 4.78 is 7.75. The number of fused-ring (bicyclic) bond motifs is 1. The molecule has 5 rings (SSSR count). The van der Waals surface area contributed by atoms with E-state index >= 15 is 0 Å². The lowest BCUT2D eigenvalue weighted by Crippen LogP contribution is -2.38. The van der Waals surface area contributed by atoms with Gasteiger partial charge in [-0.05, 0) is 51.1 Å². The summed E-state index contributed by atoms with van der Waals surface area (Å²) >= 11 is 0. The lowest BCUT2D eigenvalue weighted by atomic mass is 10.1. The molecule has 1 aromatic carbocycles. The van der Waals surface area contributed by atoms with Gasteiger partial charge in [0.1, 0.15) is 11.3 Å². The molecule has 1 aliphatic carbocycles. The van der Waals surface area contributed by atoms with Crippen LogP contribution in [0.5, 0.6) is 0 Å². The Bertz CT molecular complexity index is 1290. The number of furan rings is 1. The minimum Gasteiger partial charge on any atom is -0.454 e. The largest absolute Gasteiger partial charge is 0.454 e. The molecular weight excluding hydrogens is 440 g/mol. The van der Waals surface area contributed by atoms with Gasteiger partial charge in [-0.3, -0.25) is 4.79 Å².